The molecule has 17 heavy (non-hydrogen) atoms. The fraction of sp³-hybridized carbons (Fsp3) is 0.273. The van der Waals surface area contributed by atoms with E-state index in [4.69, 9.17) is 0 Å². The highest BCUT2D eigenvalue weighted by Crippen LogP contribution is 2.16. The molecule has 6 heteroatoms. The number of nitrogens with zero attached hydrogens (tertiary/aromatic N) is 1. The van der Waals surface area contributed by atoms with Crippen LogP contribution >= 0.6 is 12.6 Å². The SMILES string of the molecule is COC(=O)c1ccc2nc(NCCS)[nH]c2c1. The number of ether oxygens (including phenoxy) is 1. The van der Waals surface area contributed by atoms with Crippen LogP contribution < -0.4 is 5.32 Å². The van der Waals surface area contributed by atoms with E-state index in [0.717, 1.165) is 23.3 Å². The summed E-state index contributed by atoms with van der Waals surface area (Å²) in [5.41, 5.74) is 2.11. The number of carbonyl (C=O) groups is 1. The quantitative estimate of drug-likeness (QED) is 0.571. The van der Waals surface area contributed by atoms with Crippen molar-refractivity contribution in [2.45, 2.75) is 0 Å². The first-order valence-corrected chi connectivity index (χ1v) is 5.80. The molecule has 90 valence electrons. The van der Waals surface area contributed by atoms with E-state index in [1.54, 1.807) is 18.2 Å². The molecule has 0 saturated heterocycles. The van der Waals surface area contributed by atoms with E-state index < -0.39 is 0 Å². The topological polar surface area (TPSA) is 67.0 Å². The van der Waals surface area contributed by atoms with Gasteiger partial charge in [0.25, 0.3) is 0 Å². The van der Waals surface area contributed by atoms with Gasteiger partial charge in [-0.25, -0.2) is 9.78 Å². The van der Waals surface area contributed by atoms with Crippen molar-refractivity contribution in [3.05, 3.63) is 23.8 Å². The molecular weight excluding hydrogens is 238 g/mol. The van der Waals surface area contributed by atoms with Gasteiger partial charge in [-0.1, -0.05) is 0 Å². The van der Waals surface area contributed by atoms with Gasteiger partial charge in [-0.15, -0.1) is 0 Å². The number of imidazole rings is 1. The first-order chi connectivity index (χ1) is 8.24. The van der Waals surface area contributed by atoms with Crippen molar-refractivity contribution in [2.75, 3.05) is 24.7 Å². The second-order valence-electron chi connectivity index (χ2n) is 3.46. The lowest BCUT2D eigenvalue weighted by atomic mass is 10.2. The van der Waals surface area contributed by atoms with Gasteiger partial charge in [0.1, 0.15) is 0 Å². The highest BCUT2D eigenvalue weighted by Gasteiger charge is 2.08. The monoisotopic (exact) mass is 251 g/mol. The molecule has 0 saturated carbocycles. The Bertz CT molecular complexity index is 538. The molecule has 1 aromatic heterocycles. The summed E-state index contributed by atoms with van der Waals surface area (Å²) in [5.74, 6) is 1.05. The van der Waals surface area contributed by atoms with Gasteiger partial charge in [0.2, 0.25) is 5.95 Å². The zero-order valence-corrected chi connectivity index (χ0v) is 10.3. The van der Waals surface area contributed by atoms with Crippen LogP contribution in [0.1, 0.15) is 10.4 Å². The minimum atomic E-state index is -0.355. The number of fused-ring (bicyclic) bond motifs is 1. The number of aromatic amines is 1. The Labute approximate surface area is 104 Å². The van der Waals surface area contributed by atoms with Gasteiger partial charge in [-0.2, -0.15) is 12.6 Å². The second kappa shape index (κ2) is 5.09. The molecule has 0 aliphatic carbocycles. The fourth-order valence-electron chi connectivity index (χ4n) is 1.51. The van der Waals surface area contributed by atoms with Crippen LogP contribution in [0.5, 0.6) is 0 Å². The third-order valence-electron chi connectivity index (χ3n) is 2.31. The van der Waals surface area contributed by atoms with E-state index >= 15 is 0 Å². The molecule has 2 N–H and O–H groups in total. The molecule has 0 fully saturated rings. The van der Waals surface area contributed by atoms with Crippen LogP contribution in [-0.2, 0) is 4.74 Å². The molecule has 0 aliphatic heterocycles. The summed E-state index contributed by atoms with van der Waals surface area (Å²) in [5, 5.41) is 3.09. The maximum absolute atomic E-state index is 11.4. The van der Waals surface area contributed by atoms with Crippen molar-refractivity contribution in [2.24, 2.45) is 0 Å². The number of anilines is 1. The molecule has 0 unspecified atom stereocenters. The van der Waals surface area contributed by atoms with Crippen molar-refractivity contribution < 1.29 is 9.53 Å². The number of hydrogen-bond acceptors (Lipinski definition) is 5. The van der Waals surface area contributed by atoms with E-state index in [9.17, 15) is 4.79 Å². The molecule has 0 bridgehead atoms. The molecule has 1 heterocycles. The summed E-state index contributed by atoms with van der Waals surface area (Å²) < 4.78 is 4.66. The molecule has 0 atom stereocenters. The van der Waals surface area contributed by atoms with Gasteiger partial charge in [0, 0.05) is 12.3 Å². The number of carbonyl (C=O) groups excluding carboxylic acids is 1. The minimum Gasteiger partial charge on any atom is -0.465 e. The van der Waals surface area contributed by atoms with Crippen LogP contribution in [0.25, 0.3) is 11.0 Å². The molecule has 0 radical (unpaired) electrons. The Morgan fingerprint density at radius 1 is 1.59 bits per heavy atom. The van der Waals surface area contributed by atoms with Crippen molar-refractivity contribution in [1.82, 2.24) is 9.97 Å². The molecule has 1 aromatic carbocycles. The predicted octanol–water partition coefficient (Wildman–Crippen LogP) is 1.69. The summed E-state index contributed by atoms with van der Waals surface area (Å²) >= 11 is 4.10. The summed E-state index contributed by atoms with van der Waals surface area (Å²) in [6, 6.07) is 5.20. The second-order valence-corrected chi connectivity index (χ2v) is 3.91. The lowest BCUT2D eigenvalue weighted by molar-refractivity contribution is 0.0601. The highest BCUT2D eigenvalue weighted by molar-refractivity contribution is 7.80. The Hall–Kier alpha value is -1.69. The van der Waals surface area contributed by atoms with Crippen LogP contribution in [0, 0.1) is 0 Å². The summed E-state index contributed by atoms with van der Waals surface area (Å²) in [6.07, 6.45) is 0. The van der Waals surface area contributed by atoms with Crippen LogP contribution in [0.15, 0.2) is 18.2 Å². The third-order valence-corrected chi connectivity index (χ3v) is 2.53. The first kappa shape index (κ1) is 11.8. The third kappa shape index (κ3) is 2.52. The summed E-state index contributed by atoms with van der Waals surface area (Å²) in [7, 11) is 1.36. The lowest BCUT2D eigenvalue weighted by Gasteiger charge is -1.97. The van der Waals surface area contributed by atoms with Gasteiger partial charge >= 0.3 is 5.97 Å². The molecule has 2 aromatic rings. The number of methoxy groups -OCH3 is 1. The number of rotatable bonds is 4. The standard InChI is InChI=1S/C11H13N3O2S/c1-16-10(15)7-2-3-8-9(6-7)14-11(13-8)12-4-5-17/h2-3,6,17H,4-5H2,1H3,(H2,12,13,14). The number of aromatic nitrogens is 2. The average Bonchev–Trinajstić information content (AvgIpc) is 2.76. The van der Waals surface area contributed by atoms with Crippen LogP contribution in [0.4, 0.5) is 5.95 Å². The van der Waals surface area contributed by atoms with Gasteiger partial charge in [0.15, 0.2) is 0 Å². The molecule has 2 rings (SSSR count). The number of esters is 1. The van der Waals surface area contributed by atoms with E-state index in [0.29, 0.717) is 11.5 Å². The Morgan fingerprint density at radius 3 is 3.12 bits per heavy atom. The van der Waals surface area contributed by atoms with Gasteiger partial charge in [-0.3, -0.25) is 0 Å². The molecular formula is C11H13N3O2S. The van der Waals surface area contributed by atoms with Gasteiger partial charge in [-0.05, 0) is 18.2 Å². The summed E-state index contributed by atoms with van der Waals surface area (Å²) in [4.78, 5) is 18.8. The zero-order valence-electron chi connectivity index (χ0n) is 9.36. The first-order valence-electron chi connectivity index (χ1n) is 5.17. The fourth-order valence-corrected chi connectivity index (χ4v) is 1.62. The Balaban J connectivity index is 2.31. The predicted molar refractivity (Wildman–Crippen MR) is 69.8 cm³/mol. The van der Waals surface area contributed by atoms with Gasteiger partial charge in [0.05, 0.1) is 23.7 Å². The highest BCUT2D eigenvalue weighted by atomic mass is 32.1. The van der Waals surface area contributed by atoms with Gasteiger partial charge < -0.3 is 15.0 Å². The maximum Gasteiger partial charge on any atom is 0.337 e. The van der Waals surface area contributed by atoms with Crippen LogP contribution in [-0.4, -0.2) is 35.3 Å². The minimum absolute atomic E-state index is 0.355. The van der Waals surface area contributed by atoms with E-state index in [1.807, 2.05) is 0 Å². The number of H-pyrrole nitrogens is 1. The zero-order chi connectivity index (χ0) is 12.3. The largest absolute Gasteiger partial charge is 0.465 e. The van der Waals surface area contributed by atoms with E-state index in [1.165, 1.54) is 7.11 Å². The lowest BCUT2D eigenvalue weighted by Crippen LogP contribution is -2.03. The molecule has 0 aliphatic rings. The Morgan fingerprint density at radius 2 is 2.41 bits per heavy atom. The van der Waals surface area contributed by atoms with Crippen LogP contribution in [0.3, 0.4) is 0 Å². The number of benzene rings is 1. The molecule has 0 spiro atoms. The number of thiol groups is 1. The Kier molecular flexibility index (Phi) is 3.53. The van der Waals surface area contributed by atoms with E-state index in [2.05, 4.69) is 32.7 Å². The normalized spacial score (nSPS) is 10.5. The van der Waals surface area contributed by atoms with Crippen molar-refractivity contribution in [1.29, 1.82) is 0 Å². The van der Waals surface area contributed by atoms with Crippen molar-refractivity contribution in [3.63, 3.8) is 0 Å². The summed E-state index contributed by atoms with van der Waals surface area (Å²) in [6.45, 7) is 0.729. The van der Waals surface area contributed by atoms with Crippen molar-refractivity contribution >= 4 is 35.6 Å². The number of hydrogen-bond donors (Lipinski definition) is 3. The molecule has 0 amide bonds. The maximum atomic E-state index is 11.4. The van der Waals surface area contributed by atoms with Crippen LogP contribution in [0.2, 0.25) is 0 Å². The molecule has 5 nitrogen and oxygen atoms in total. The average molecular weight is 251 g/mol. The smallest absolute Gasteiger partial charge is 0.337 e. The van der Waals surface area contributed by atoms with E-state index in [-0.39, 0.29) is 5.97 Å². The number of nitrogens with one attached hydrogen (secondary N) is 2. The van der Waals surface area contributed by atoms with Crippen molar-refractivity contribution in [3.8, 4) is 0 Å².